The van der Waals surface area contributed by atoms with Crippen LogP contribution in [-0.4, -0.2) is 21.6 Å². The summed E-state index contributed by atoms with van der Waals surface area (Å²) in [7, 11) is 1.87. The molecule has 2 rings (SSSR count). The van der Waals surface area contributed by atoms with Crippen molar-refractivity contribution in [1.29, 1.82) is 0 Å². The van der Waals surface area contributed by atoms with Crippen LogP contribution in [0.2, 0.25) is 0 Å². The molecule has 0 aliphatic heterocycles. The lowest BCUT2D eigenvalue weighted by molar-refractivity contribution is -0.127. The Bertz CT molecular complexity index is 483. The number of nitrogens with zero attached hydrogens (tertiary/aromatic N) is 2. The van der Waals surface area contributed by atoms with Crippen molar-refractivity contribution in [2.75, 3.05) is 0 Å². The minimum Gasteiger partial charge on any atom is -0.327 e. The minimum absolute atomic E-state index is 0.00176. The zero-order chi connectivity index (χ0) is 13.5. The van der Waals surface area contributed by atoms with Crippen molar-refractivity contribution in [3.63, 3.8) is 0 Å². The van der Waals surface area contributed by atoms with Crippen LogP contribution in [0.15, 0.2) is 4.47 Å². The topological polar surface area (TPSA) is 60.9 Å². The molecule has 100 valence electrons. The van der Waals surface area contributed by atoms with E-state index in [1.807, 2.05) is 20.9 Å². The predicted octanol–water partition coefficient (Wildman–Crippen LogP) is 2.12. The summed E-state index contributed by atoms with van der Waals surface area (Å²) in [6.45, 7) is 3.94. The Hall–Kier alpha value is -0.680. The van der Waals surface area contributed by atoms with Crippen LogP contribution in [-0.2, 0) is 18.3 Å². The first-order chi connectivity index (χ1) is 8.36. The molecule has 2 N–H and O–H groups in total. The third-order valence-corrected chi connectivity index (χ3v) is 5.29. The van der Waals surface area contributed by atoms with Crippen LogP contribution in [0, 0.1) is 12.3 Å². The fourth-order valence-corrected chi connectivity index (χ4v) is 3.24. The van der Waals surface area contributed by atoms with Gasteiger partial charge in [0.25, 0.3) is 0 Å². The fourth-order valence-electron chi connectivity index (χ4n) is 2.77. The second-order valence-corrected chi connectivity index (χ2v) is 6.28. The number of hydrogen-bond donors (Lipinski definition) is 1. The smallest absolute Gasteiger partial charge is 0.146 e. The summed E-state index contributed by atoms with van der Waals surface area (Å²) in [5, 5.41) is 4.32. The Kier molecular flexibility index (Phi) is 3.65. The maximum absolute atomic E-state index is 12.5. The van der Waals surface area contributed by atoms with Crippen LogP contribution in [0.3, 0.4) is 0 Å². The second-order valence-electron chi connectivity index (χ2n) is 5.49. The molecule has 18 heavy (non-hydrogen) atoms. The Morgan fingerprint density at radius 2 is 2.33 bits per heavy atom. The van der Waals surface area contributed by atoms with Gasteiger partial charge in [-0.05, 0) is 35.7 Å². The third kappa shape index (κ3) is 2.14. The van der Waals surface area contributed by atoms with E-state index < -0.39 is 0 Å². The largest absolute Gasteiger partial charge is 0.327 e. The number of rotatable bonds is 3. The van der Waals surface area contributed by atoms with E-state index in [2.05, 4.69) is 21.0 Å². The van der Waals surface area contributed by atoms with Crippen LogP contribution in [0.4, 0.5) is 0 Å². The SMILES string of the molecule is Cc1nn(C)c(CC(=O)C2(C)CCCC2N)c1Br. The highest BCUT2D eigenvalue weighted by Gasteiger charge is 2.42. The van der Waals surface area contributed by atoms with Gasteiger partial charge in [0.05, 0.1) is 22.3 Å². The van der Waals surface area contributed by atoms with Crippen molar-refractivity contribution in [3.05, 3.63) is 15.9 Å². The molecule has 0 bridgehead atoms. The number of carbonyl (C=O) groups excluding carboxylic acids is 1. The molecular weight excluding hydrogens is 294 g/mol. The first-order valence-corrected chi connectivity index (χ1v) is 7.12. The Morgan fingerprint density at radius 1 is 1.67 bits per heavy atom. The van der Waals surface area contributed by atoms with Crippen LogP contribution in [0.5, 0.6) is 0 Å². The zero-order valence-corrected chi connectivity index (χ0v) is 12.7. The summed E-state index contributed by atoms with van der Waals surface area (Å²) in [6, 6.07) is -0.00176. The lowest BCUT2D eigenvalue weighted by atomic mass is 9.79. The van der Waals surface area contributed by atoms with E-state index in [1.54, 1.807) is 4.68 Å². The number of aryl methyl sites for hydroxylation is 2. The average Bonchev–Trinajstić information content (AvgIpc) is 2.76. The van der Waals surface area contributed by atoms with Gasteiger partial charge in [-0.25, -0.2) is 0 Å². The Morgan fingerprint density at radius 3 is 2.78 bits per heavy atom. The van der Waals surface area contributed by atoms with Gasteiger partial charge in [-0.15, -0.1) is 0 Å². The number of hydrogen-bond acceptors (Lipinski definition) is 3. The van der Waals surface area contributed by atoms with Crippen molar-refractivity contribution in [2.24, 2.45) is 18.2 Å². The van der Waals surface area contributed by atoms with Gasteiger partial charge < -0.3 is 5.73 Å². The number of Topliss-reactive ketones (excluding diaryl/α,β-unsaturated/α-hetero) is 1. The molecule has 5 heteroatoms. The molecule has 1 heterocycles. The first-order valence-electron chi connectivity index (χ1n) is 6.33. The molecule has 0 spiro atoms. The predicted molar refractivity (Wildman–Crippen MR) is 74.3 cm³/mol. The molecule has 0 amide bonds. The van der Waals surface area contributed by atoms with Crippen molar-refractivity contribution in [1.82, 2.24) is 9.78 Å². The fraction of sp³-hybridized carbons (Fsp3) is 0.692. The van der Waals surface area contributed by atoms with Crippen LogP contribution < -0.4 is 5.73 Å². The van der Waals surface area contributed by atoms with E-state index in [0.29, 0.717) is 6.42 Å². The molecule has 0 radical (unpaired) electrons. The highest BCUT2D eigenvalue weighted by molar-refractivity contribution is 9.10. The second kappa shape index (κ2) is 4.78. The first kappa shape index (κ1) is 13.7. The summed E-state index contributed by atoms with van der Waals surface area (Å²) in [6.07, 6.45) is 3.31. The maximum Gasteiger partial charge on any atom is 0.146 e. The molecule has 0 aromatic carbocycles. The maximum atomic E-state index is 12.5. The van der Waals surface area contributed by atoms with E-state index in [9.17, 15) is 4.79 Å². The summed E-state index contributed by atoms with van der Waals surface area (Å²) >= 11 is 3.50. The summed E-state index contributed by atoms with van der Waals surface area (Å²) in [4.78, 5) is 12.5. The van der Waals surface area contributed by atoms with Gasteiger partial charge in [-0.3, -0.25) is 9.48 Å². The molecule has 1 aromatic rings. The highest BCUT2D eigenvalue weighted by atomic mass is 79.9. The number of ketones is 1. The Balaban J connectivity index is 2.22. The number of aromatic nitrogens is 2. The van der Waals surface area contributed by atoms with Gasteiger partial charge in [-0.1, -0.05) is 13.3 Å². The van der Waals surface area contributed by atoms with Gasteiger partial charge in [0.1, 0.15) is 5.78 Å². The van der Waals surface area contributed by atoms with E-state index in [4.69, 9.17) is 5.73 Å². The van der Waals surface area contributed by atoms with E-state index in [0.717, 1.165) is 35.1 Å². The molecule has 1 saturated carbocycles. The highest BCUT2D eigenvalue weighted by Crippen LogP contribution is 2.38. The van der Waals surface area contributed by atoms with Crippen molar-refractivity contribution >= 4 is 21.7 Å². The zero-order valence-electron chi connectivity index (χ0n) is 11.2. The van der Waals surface area contributed by atoms with Crippen molar-refractivity contribution < 1.29 is 4.79 Å². The third-order valence-electron chi connectivity index (χ3n) is 4.26. The molecule has 2 atom stereocenters. The van der Waals surface area contributed by atoms with E-state index in [-0.39, 0.29) is 17.2 Å². The van der Waals surface area contributed by atoms with Gasteiger partial charge in [0.2, 0.25) is 0 Å². The minimum atomic E-state index is -0.363. The van der Waals surface area contributed by atoms with E-state index >= 15 is 0 Å². The number of carbonyl (C=O) groups is 1. The lowest BCUT2D eigenvalue weighted by Gasteiger charge is -2.27. The number of halogens is 1. The molecule has 1 aliphatic rings. The summed E-state index contributed by atoms with van der Waals surface area (Å²) in [5.74, 6) is 0.233. The molecule has 1 fully saturated rings. The number of nitrogens with two attached hydrogens (primary N) is 1. The van der Waals surface area contributed by atoms with E-state index in [1.165, 1.54) is 0 Å². The molecule has 1 aromatic heterocycles. The van der Waals surface area contributed by atoms with Crippen LogP contribution in [0.25, 0.3) is 0 Å². The van der Waals surface area contributed by atoms with Crippen molar-refractivity contribution in [2.45, 2.75) is 45.6 Å². The van der Waals surface area contributed by atoms with Gasteiger partial charge in [0.15, 0.2) is 0 Å². The van der Waals surface area contributed by atoms with Gasteiger partial charge in [0, 0.05) is 18.5 Å². The molecular formula is C13H20BrN3O. The standard InChI is InChI=1S/C13H20BrN3O/c1-8-12(14)9(17(3)16-8)7-11(18)13(2)6-4-5-10(13)15/h10H,4-7,15H2,1-3H3. The molecule has 4 nitrogen and oxygen atoms in total. The van der Waals surface area contributed by atoms with Crippen LogP contribution in [0.1, 0.15) is 37.6 Å². The molecule has 0 saturated heterocycles. The lowest BCUT2D eigenvalue weighted by Crippen LogP contribution is -2.42. The van der Waals surface area contributed by atoms with Crippen LogP contribution >= 0.6 is 15.9 Å². The van der Waals surface area contributed by atoms with Gasteiger partial charge >= 0.3 is 0 Å². The summed E-state index contributed by atoms with van der Waals surface area (Å²) in [5.41, 5.74) is 7.59. The average molecular weight is 314 g/mol. The molecule has 1 aliphatic carbocycles. The quantitative estimate of drug-likeness (QED) is 0.929. The Labute approximate surface area is 116 Å². The monoisotopic (exact) mass is 313 g/mol. The molecule has 2 unspecified atom stereocenters. The summed E-state index contributed by atoms with van der Waals surface area (Å²) < 4.78 is 2.72. The normalized spacial score (nSPS) is 27.7. The van der Waals surface area contributed by atoms with Gasteiger partial charge in [-0.2, -0.15) is 5.10 Å². The van der Waals surface area contributed by atoms with Crippen molar-refractivity contribution in [3.8, 4) is 0 Å².